The maximum Gasteiger partial charge on any atom is 0.252 e. The van der Waals surface area contributed by atoms with E-state index in [1.807, 2.05) is 6.92 Å². The maximum absolute atomic E-state index is 12.6. The van der Waals surface area contributed by atoms with Crippen LogP contribution in [0, 0.1) is 5.92 Å². The van der Waals surface area contributed by atoms with E-state index < -0.39 is 0 Å². The molecule has 1 amide bonds. The summed E-state index contributed by atoms with van der Waals surface area (Å²) < 4.78 is 16.4. The predicted octanol–water partition coefficient (Wildman–Crippen LogP) is 1.75. The van der Waals surface area contributed by atoms with E-state index in [-0.39, 0.29) is 23.9 Å². The van der Waals surface area contributed by atoms with Crippen molar-refractivity contribution in [3.05, 3.63) is 17.7 Å². The van der Waals surface area contributed by atoms with Crippen LogP contribution in [-0.4, -0.2) is 38.3 Å². The third kappa shape index (κ3) is 3.48. The summed E-state index contributed by atoms with van der Waals surface area (Å²) in [5, 5.41) is 3.06. The van der Waals surface area contributed by atoms with Crippen LogP contribution < -0.4 is 25.3 Å². The van der Waals surface area contributed by atoms with Crippen LogP contribution in [0.2, 0.25) is 0 Å². The Bertz CT molecular complexity index is 574. The van der Waals surface area contributed by atoms with E-state index in [2.05, 4.69) is 5.32 Å². The van der Waals surface area contributed by atoms with Gasteiger partial charge in [0, 0.05) is 12.1 Å². The molecule has 1 heterocycles. The number of nitrogens with two attached hydrogens (primary N) is 1. The van der Waals surface area contributed by atoms with Crippen LogP contribution >= 0.6 is 12.4 Å². The van der Waals surface area contributed by atoms with Crippen molar-refractivity contribution >= 4 is 18.3 Å². The summed E-state index contributed by atoms with van der Waals surface area (Å²) in [6, 6.07) is 3.36. The fourth-order valence-electron chi connectivity index (χ4n) is 2.78. The van der Waals surface area contributed by atoms with Gasteiger partial charge in [0.05, 0.1) is 12.6 Å². The number of methoxy groups -OCH3 is 1. The number of rotatable bonds is 5. The molecule has 128 valence electrons. The van der Waals surface area contributed by atoms with Gasteiger partial charge < -0.3 is 25.3 Å². The van der Waals surface area contributed by atoms with Gasteiger partial charge in [0.1, 0.15) is 13.2 Å². The molecule has 1 saturated carbocycles. The summed E-state index contributed by atoms with van der Waals surface area (Å²) in [4.78, 5) is 12.6. The summed E-state index contributed by atoms with van der Waals surface area (Å²) >= 11 is 0. The van der Waals surface area contributed by atoms with Crippen LogP contribution in [-0.2, 0) is 0 Å². The Morgan fingerprint density at radius 2 is 2.09 bits per heavy atom. The Labute approximate surface area is 142 Å². The molecule has 1 unspecified atom stereocenters. The van der Waals surface area contributed by atoms with E-state index in [0.717, 1.165) is 12.8 Å². The van der Waals surface area contributed by atoms with Crippen molar-refractivity contribution in [3.8, 4) is 17.2 Å². The van der Waals surface area contributed by atoms with E-state index >= 15 is 0 Å². The highest BCUT2D eigenvalue weighted by atomic mass is 35.5. The van der Waals surface area contributed by atoms with Crippen LogP contribution in [0.5, 0.6) is 17.2 Å². The lowest BCUT2D eigenvalue weighted by Crippen LogP contribution is -2.53. The first-order valence-corrected chi connectivity index (χ1v) is 7.57. The lowest BCUT2D eigenvalue weighted by atomic mass is 9.95. The molecule has 0 radical (unpaired) electrons. The number of ether oxygens (including phenoxy) is 3. The van der Waals surface area contributed by atoms with Gasteiger partial charge in [-0.3, -0.25) is 4.79 Å². The number of fused-ring (bicyclic) bond motifs is 1. The molecule has 23 heavy (non-hydrogen) atoms. The number of halogens is 1. The van der Waals surface area contributed by atoms with E-state index in [1.54, 1.807) is 19.2 Å². The lowest BCUT2D eigenvalue weighted by Gasteiger charge is -2.30. The van der Waals surface area contributed by atoms with Crippen molar-refractivity contribution in [1.82, 2.24) is 5.32 Å². The van der Waals surface area contributed by atoms with Crippen LogP contribution in [0.1, 0.15) is 30.1 Å². The Morgan fingerprint density at radius 1 is 1.39 bits per heavy atom. The van der Waals surface area contributed by atoms with E-state index in [1.165, 1.54) is 0 Å². The Kier molecular flexibility index (Phi) is 5.26. The van der Waals surface area contributed by atoms with Crippen molar-refractivity contribution < 1.29 is 19.0 Å². The van der Waals surface area contributed by atoms with E-state index in [9.17, 15) is 4.79 Å². The van der Waals surface area contributed by atoms with Gasteiger partial charge in [-0.05, 0) is 37.8 Å². The molecule has 1 aromatic carbocycles. The van der Waals surface area contributed by atoms with Crippen LogP contribution in [0.25, 0.3) is 0 Å². The number of hydrogen-bond acceptors (Lipinski definition) is 5. The van der Waals surface area contributed by atoms with Gasteiger partial charge in [-0.2, -0.15) is 0 Å². The second kappa shape index (κ2) is 6.84. The second-order valence-electron chi connectivity index (χ2n) is 6.05. The molecule has 7 heteroatoms. The zero-order chi connectivity index (χ0) is 15.7. The number of nitrogens with one attached hydrogen (secondary N) is 1. The molecule has 1 aliphatic heterocycles. The van der Waals surface area contributed by atoms with Crippen molar-refractivity contribution in [2.24, 2.45) is 11.7 Å². The van der Waals surface area contributed by atoms with Crippen LogP contribution in [0.15, 0.2) is 12.1 Å². The molecule has 1 atom stereocenters. The molecule has 1 aromatic rings. The van der Waals surface area contributed by atoms with Crippen molar-refractivity contribution in [1.29, 1.82) is 0 Å². The minimum atomic E-state index is -0.364. The van der Waals surface area contributed by atoms with Crippen molar-refractivity contribution in [3.63, 3.8) is 0 Å². The molecular weight excluding hydrogens is 320 g/mol. The minimum Gasteiger partial charge on any atom is -0.493 e. The molecular formula is C16H23ClN2O4. The molecule has 1 fully saturated rings. The fraction of sp³-hybridized carbons (Fsp3) is 0.562. The summed E-state index contributed by atoms with van der Waals surface area (Å²) in [6.07, 6.45) is 2.22. The number of benzene rings is 1. The second-order valence-corrected chi connectivity index (χ2v) is 6.05. The molecule has 3 N–H and O–H groups in total. The first kappa shape index (κ1) is 17.7. The fourth-order valence-corrected chi connectivity index (χ4v) is 2.78. The topological polar surface area (TPSA) is 82.8 Å². The molecule has 3 rings (SSSR count). The standard InChI is InChI=1S/C16H22N2O4.ClH/c1-16(9-17,11-3-4-11)18-15(19)10-7-12(20-2)14-13(8-10)21-5-6-22-14;/h7-8,11H,3-6,9,17H2,1-2H3,(H,18,19);1H. The van der Waals surface area contributed by atoms with Gasteiger partial charge in [0.2, 0.25) is 5.75 Å². The van der Waals surface area contributed by atoms with E-state index in [4.69, 9.17) is 19.9 Å². The normalized spacial score (nSPS) is 18.4. The first-order chi connectivity index (χ1) is 10.6. The SMILES string of the molecule is COc1cc(C(=O)NC(C)(CN)C2CC2)cc2c1OCCO2.Cl. The molecule has 1 aliphatic carbocycles. The average molecular weight is 343 g/mol. The largest absolute Gasteiger partial charge is 0.493 e. The van der Waals surface area contributed by atoms with Gasteiger partial charge >= 0.3 is 0 Å². The third-order valence-electron chi connectivity index (χ3n) is 4.39. The molecule has 6 nitrogen and oxygen atoms in total. The first-order valence-electron chi connectivity index (χ1n) is 7.57. The summed E-state index contributed by atoms with van der Waals surface area (Å²) in [6.45, 7) is 3.36. The molecule has 0 spiro atoms. The summed E-state index contributed by atoms with van der Waals surface area (Å²) in [7, 11) is 1.55. The number of hydrogen-bond donors (Lipinski definition) is 2. The van der Waals surface area contributed by atoms with Crippen molar-refractivity contribution in [2.45, 2.75) is 25.3 Å². The van der Waals surface area contributed by atoms with Gasteiger partial charge in [0.25, 0.3) is 5.91 Å². The lowest BCUT2D eigenvalue weighted by molar-refractivity contribution is 0.0896. The Morgan fingerprint density at radius 3 is 2.70 bits per heavy atom. The summed E-state index contributed by atoms with van der Waals surface area (Å²) in [5.41, 5.74) is 5.98. The Hall–Kier alpha value is -1.66. The van der Waals surface area contributed by atoms with Gasteiger partial charge in [0.15, 0.2) is 11.5 Å². The molecule has 2 aliphatic rings. The van der Waals surface area contributed by atoms with Crippen LogP contribution in [0.4, 0.5) is 0 Å². The van der Waals surface area contributed by atoms with Crippen LogP contribution in [0.3, 0.4) is 0 Å². The van der Waals surface area contributed by atoms with Gasteiger partial charge in [-0.25, -0.2) is 0 Å². The zero-order valence-corrected chi connectivity index (χ0v) is 14.2. The monoisotopic (exact) mass is 342 g/mol. The zero-order valence-electron chi connectivity index (χ0n) is 13.4. The van der Waals surface area contributed by atoms with Gasteiger partial charge in [-0.15, -0.1) is 12.4 Å². The smallest absolute Gasteiger partial charge is 0.252 e. The Balaban J connectivity index is 0.00000192. The number of carbonyl (C=O) groups is 1. The van der Waals surface area contributed by atoms with Gasteiger partial charge in [-0.1, -0.05) is 0 Å². The average Bonchev–Trinajstić information content (AvgIpc) is 3.38. The molecule has 0 bridgehead atoms. The molecule has 0 aromatic heterocycles. The highest BCUT2D eigenvalue weighted by Gasteiger charge is 2.41. The number of amides is 1. The predicted molar refractivity (Wildman–Crippen MR) is 88.9 cm³/mol. The quantitative estimate of drug-likeness (QED) is 0.851. The third-order valence-corrected chi connectivity index (χ3v) is 4.39. The molecule has 0 saturated heterocycles. The highest BCUT2D eigenvalue weighted by Crippen LogP contribution is 2.41. The summed E-state index contributed by atoms with van der Waals surface area (Å²) in [5.74, 6) is 1.88. The van der Waals surface area contributed by atoms with E-state index in [0.29, 0.717) is 48.5 Å². The minimum absolute atomic E-state index is 0. The highest BCUT2D eigenvalue weighted by molar-refractivity contribution is 5.96. The van der Waals surface area contributed by atoms with Crippen molar-refractivity contribution in [2.75, 3.05) is 26.9 Å². The maximum atomic E-state index is 12.6. The number of carbonyl (C=O) groups excluding carboxylic acids is 1.